The van der Waals surface area contributed by atoms with Gasteiger partial charge in [-0.3, -0.25) is 4.98 Å². The minimum absolute atomic E-state index is 0.361. The standard InChI is InChI=1S/C12H14N2/c1-13-8-2-4-10-6-7-11-5-3-9-14-12(10)11/h3,5,9-10,13H,6-8H2,1H3. The van der Waals surface area contributed by atoms with Crippen LogP contribution in [0.5, 0.6) is 0 Å². The number of rotatable bonds is 1. The van der Waals surface area contributed by atoms with E-state index in [4.69, 9.17) is 0 Å². The molecule has 0 radical (unpaired) electrons. The van der Waals surface area contributed by atoms with Crippen molar-refractivity contribution in [3.63, 3.8) is 0 Å². The Morgan fingerprint density at radius 3 is 3.43 bits per heavy atom. The van der Waals surface area contributed by atoms with Crippen molar-refractivity contribution in [2.75, 3.05) is 13.6 Å². The lowest BCUT2D eigenvalue weighted by molar-refractivity contribution is 0.817. The molecule has 0 fully saturated rings. The van der Waals surface area contributed by atoms with Gasteiger partial charge >= 0.3 is 0 Å². The summed E-state index contributed by atoms with van der Waals surface area (Å²) in [5, 5.41) is 3.02. The number of pyridine rings is 1. The molecule has 1 aliphatic carbocycles. The third-order valence-corrected chi connectivity index (χ3v) is 2.50. The van der Waals surface area contributed by atoms with Crippen LogP contribution in [0.4, 0.5) is 0 Å². The van der Waals surface area contributed by atoms with E-state index in [0.29, 0.717) is 5.92 Å². The number of nitrogens with zero attached hydrogens (tertiary/aromatic N) is 1. The zero-order valence-electron chi connectivity index (χ0n) is 8.38. The highest BCUT2D eigenvalue weighted by Crippen LogP contribution is 2.29. The molecular weight excluding hydrogens is 172 g/mol. The van der Waals surface area contributed by atoms with Gasteiger partial charge in [0.1, 0.15) is 0 Å². The molecule has 14 heavy (non-hydrogen) atoms. The molecule has 0 saturated heterocycles. The SMILES string of the molecule is CNCC#CC1CCc2cccnc21. The van der Waals surface area contributed by atoms with Crippen LogP contribution in [-0.4, -0.2) is 18.6 Å². The van der Waals surface area contributed by atoms with E-state index in [1.807, 2.05) is 19.3 Å². The van der Waals surface area contributed by atoms with Crippen LogP contribution in [0.3, 0.4) is 0 Å². The second-order valence-electron chi connectivity index (χ2n) is 3.49. The molecule has 2 nitrogen and oxygen atoms in total. The third-order valence-electron chi connectivity index (χ3n) is 2.50. The molecule has 1 atom stereocenters. The summed E-state index contributed by atoms with van der Waals surface area (Å²) < 4.78 is 0. The van der Waals surface area contributed by atoms with Crippen molar-refractivity contribution in [2.24, 2.45) is 0 Å². The van der Waals surface area contributed by atoms with Gasteiger partial charge in [0.25, 0.3) is 0 Å². The van der Waals surface area contributed by atoms with E-state index >= 15 is 0 Å². The Kier molecular flexibility index (Phi) is 2.81. The number of fused-ring (bicyclic) bond motifs is 1. The van der Waals surface area contributed by atoms with Gasteiger partial charge in [0.2, 0.25) is 0 Å². The first-order chi connectivity index (χ1) is 6.92. The first-order valence-electron chi connectivity index (χ1n) is 4.98. The zero-order valence-corrected chi connectivity index (χ0v) is 8.38. The predicted octanol–water partition coefficient (Wildman–Crippen LogP) is 1.33. The third kappa shape index (κ3) is 1.78. The maximum atomic E-state index is 4.40. The molecule has 2 rings (SSSR count). The van der Waals surface area contributed by atoms with E-state index in [9.17, 15) is 0 Å². The highest BCUT2D eigenvalue weighted by atomic mass is 14.8. The van der Waals surface area contributed by atoms with Gasteiger partial charge in [-0.1, -0.05) is 17.9 Å². The average Bonchev–Trinajstić information content (AvgIpc) is 2.63. The quantitative estimate of drug-likeness (QED) is 0.669. The molecule has 0 amide bonds. The summed E-state index contributed by atoms with van der Waals surface area (Å²) in [6.07, 6.45) is 4.11. The van der Waals surface area contributed by atoms with Crippen molar-refractivity contribution >= 4 is 0 Å². The topological polar surface area (TPSA) is 24.9 Å². The van der Waals surface area contributed by atoms with Crippen molar-refractivity contribution in [1.82, 2.24) is 10.3 Å². The van der Waals surface area contributed by atoms with Crippen molar-refractivity contribution in [1.29, 1.82) is 0 Å². The lowest BCUT2D eigenvalue weighted by atomic mass is 10.1. The molecule has 0 saturated carbocycles. The minimum Gasteiger partial charge on any atom is -0.309 e. The van der Waals surface area contributed by atoms with Crippen molar-refractivity contribution in [3.8, 4) is 11.8 Å². The smallest absolute Gasteiger partial charge is 0.0631 e. The summed E-state index contributed by atoms with van der Waals surface area (Å²) in [5.74, 6) is 6.74. The van der Waals surface area contributed by atoms with Gasteiger partial charge in [-0.25, -0.2) is 0 Å². The van der Waals surface area contributed by atoms with Crippen molar-refractivity contribution in [2.45, 2.75) is 18.8 Å². The normalized spacial score (nSPS) is 18.5. The van der Waals surface area contributed by atoms with Crippen molar-refractivity contribution < 1.29 is 0 Å². The van der Waals surface area contributed by atoms with Gasteiger partial charge in [-0.15, -0.1) is 0 Å². The maximum absolute atomic E-state index is 4.40. The molecule has 0 spiro atoms. The fourth-order valence-electron chi connectivity index (χ4n) is 1.82. The van der Waals surface area contributed by atoms with Gasteiger partial charge in [0.05, 0.1) is 18.2 Å². The Morgan fingerprint density at radius 2 is 2.57 bits per heavy atom. The minimum atomic E-state index is 0.361. The largest absolute Gasteiger partial charge is 0.309 e. The van der Waals surface area contributed by atoms with E-state index < -0.39 is 0 Å². The second-order valence-corrected chi connectivity index (χ2v) is 3.49. The summed E-state index contributed by atoms with van der Waals surface area (Å²) in [6.45, 7) is 0.763. The van der Waals surface area contributed by atoms with Crippen molar-refractivity contribution in [3.05, 3.63) is 29.6 Å². The van der Waals surface area contributed by atoms with Crippen LogP contribution >= 0.6 is 0 Å². The maximum Gasteiger partial charge on any atom is 0.0631 e. The number of hydrogen-bond donors (Lipinski definition) is 1. The number of nitrogens with one attached hydrogen (secondary N) is 1. The molecular formula is C12H14N2. The van der Waals surface area contributed by atoms with Gasteiger partial charge in [0, 0.05) is 6.20 Å². The molecule has 0 bridgehead atoms. The van der Waals surface area contributed by atoms with Crippen LogP contribution in [0.2, 0.25) is 0 Å². The van der Waals surface area contributed by atoms with Crippen LogP contribution in [0.1, 0.15) is 23.6 Å². The molecule has 1 N–H and O–H groups in total. The lowest BCUT2D eigenvalue weighted by Crippen LogP contribution is -2.05. The van der Waals surface area contributed by atoms with E-state index in [1.165, 1.54) is 11.3 Å². The second kappa shape index (κ2) is 4.26. The predicted molar refractivity (Wildman–Crippen MR) is 57.0 cm³/mol. The van der Waals surface area contributed by atoms with E-state index in [2.05, 4.69) is 28.2 Å². The number of aromatic nitrogens is 1. The van der Waals surface area contributed by atoms with Crippen LogP contribution in [-0.2, 0) is 6.42 Å². The van der Waals surface area contributed by atoms with E-state index in [-0.39, 0.29) is 0 Å². The Morgan fingerprint density at radius 1 is 1.64 bits per heavy atom. The van der Waals surface area contributed by atoms with Gasteiger partial charge in [-0.2, -0.15) is 0 Å². The number of hydrogen-bond acceptors (Lipinski definition) is 2. The average molecular weight is 186 g/mol. The molecule has 0 aromatic carbocycles. The summed E-state index contributed by atoms with van der Waals surface area (Å²) in [4.78, 5) is 4.40. The zero-order chi connectivity index (χ0) is 9.80. The van der Waals surface area contributed by atoms with Gasteiger partial charge < -0.3 is 5.32 Å². The summed E-state index contributed by atoms with van der Waals surface area (Å²) in [6, 6.07) is 4.16. The summed E-state index contributed by atoms with van der Waals surface area (Å²) >= 11 is 0. The molecule has 1 heterocycles. The fraction of sp³-hybridized carbons (Fsp3) is 0.417. The van der Waals surface area contributed by atoms with Gasteiger partial charge in [-0.05, 0) is 31.5 Å². The summed E-state index contributed by atoms with van der Waals surface area (Å²) in [7, 11) is 1.91. The van der Waals surface area contributed by atoms with Crippen LogP contribution in [0.25, 0.3) is 0 Å². The molecule has 1 aliphatic rings. The molecule has 1 aromatic rings. The highest BCUT2D eigenvalue weighted by Gasteiger charge is 2.21. The van der Waals surface area contributed by atoms with Gasteiger partial charge in [0.15, 0.2) is 0 Å². The Balaban J connectivity index is 2.15. The lowest BCUT2D eigenvalue weighted by Gasteiger charge is -2.00. The van der Waals surface area contributed by atoms with Crippen LogP contribution < -0.4 is 5.32 Å². The number of aryl methyl sites for hydroxylation is 1. The first-order valence-corrected chi connectivity index (χ1v) is 4.98. The van der Waals surface area contributed by atoms with E-state index in [1.54, 1.807) is 0 Å². The van der Waals surface area contributed by atoms with E-state index in [0.717, 1.165) is 19.4 Å². The monoisotopic (exact) mass is 186 g/mol. The van der Waals surface area contributed by atoms with Crippen LogP contribution in [0, 0.1) is 11.8 Å². The van der Waals surface area contributed by atoms with Crippen LogP contribution in [0.15, 0.2) is 18.3 Å². The molecule has 0 aliphatic heterocycles. The highest BCUT2D eigenvalue weighted by molar-refractivity contribution is 5.34. The molecule has 1 unspecified atom stereocenters. The fourth-order valence-corrected chi connectivity index (χ4v) is 1.82. The summed E-state index contributed by atoms with van der Waals surface area (Å²) in [5.41, 5.74) is 2.56. The molecule has 72 valence electrons. The first kappa shape index (κ1) is 9.23. The molecule has 2 heteroatoms. The Hall–Kier alpha value is -1.33. The Bertz CT molecular complexity index is 373. The molecule has 1 aromatic heterocycles. The Labute approximate surface area is 84.7 Å².